The number of fused-ring (bicyclic) bond motifs is 1. The summed E-state index contributed by atoms with van der Waals surface area (Å²) in [6.07, 6.45) is 0. The third kappa shape index (κ3) is 11.2. The van der Waals surface area contributed by atoms with Crippen LogP contribution in [0.4, 0.5) is 5.69 Å². The number of hydrogen-bond donors (Lipinski definition) is 8. The van der Waals surface area contributed by atoms with Crippen LogP contribution in [-0.2, 0) is 0 Å². The quantitative estimate of drug-likeness (QED) is 0.0771. The van der Waals surface area contributed by atoms with Gasteiger partial charge in [0.1, 0.15) is 17.2 Å². The molecule has 0 bridgehead atoms. The Morgan fingerprint density at radius 3 is 1.40 bits per heavy atom. The maximum Gasteiger partial charge on any atom is 0.335 e. The third-order valence-corrected chi connectivity index (χ3v) is 6.10. The minimum atomic E-state index is -1.27. The lowest BCUT2D eigenvalue weighted by molar-refractivity contribution is -0.385. The number of nitrogens with zero attached hydrogens (tertiary/aromatic N) is 1. The molecule has 0 heterocycles. The van der Waals surface area contributed by atoms with Gasteiger partial charge in [-0.2, -0.15) is 0 Å². The summed E-state index contributed by atoms with van der Waals surface area (Å²) in [6.45, 7) is 0. The van der Waals surface area contributed by atoms with E-state index in [1.165, 1.54) is 54.6 Å². The summed E-state index contributed by atoms with van der Waals surface area (Å²) in [5.41, 5.74) is -0.349. The van der Waals surface area contributed by atoms with Crippen molar-refractivity contribution in [2.45, 2.75) is 0 Å². The molecule has 0 unspecified atom stereocenters. The molecular weight excluding hydrogens is 658 g/mol. The number of benzene rings is 5. The normalized spacial score (nSPS) is 9.69. The van der Waals surface area contributed by atoms with Gasteiger partial charge < -0.3 is 40.9 Å². The Hall–Kier alpha value is -6.87. The second kappa shape index (κ2) is 17.0. The molecule has 0 spiro atoms. The Balaban J connectivity index is 0.000000224. The van der Waals surface area contributed by atoms with Crippen LogP contribution in [0.15, 0.2) is 97.1 Å². The second-order valence-corrected chi connectivity index (χ2v) is 9.55. The molecule has 0 aromatic heterocycles. The van der Waals surface area contributed by atoms with E-state index in [0.717, 1.165) is 29.0 Å². The van der Waals surface area contributed by atoms with Crippen molar-refractivity contribution in [3.05, 3.63) is 134 Å². The minimum absolute atomic E-state index is 0.0462. The first-order valence-electron chi connectivity index (χ1n) is 12.9. The van der Waals surface area contributed by atoms with Gasteiger partial charge in [-0.15, -0.1) is 0 Å². The van der Waals surface area contributed by atoms with Crippen molar-refractivity contribution in [3.8, 4) is 23.0 Å². The predicted octanol–water partition coefficient (Wildman–Crippen LogP) is 6.08. The molecule has 0 amide bonds. The maximum atomic E-state index is 10.7. The molecule has 0 fully saturated rings. The minimum Gasteiger partial charge on any atom is -0.508 e. The number of rotatable bonds is 5. The van der Waals surface area contributed by atoms with Gasteiger partial charge in [-0.3, -0.25) is 10.1 Å². The first-order valence-corrected chi connectivity index (χ1v) is 13.3. The largest absolute Gasteiger partial charge is 0.508 e. The summed E-state index contributed by atoms with van der Waals surface area (Å²) in [4.78, 5) is 51.0. The third-order valence-electron chi connectivity index (χ3n) is 5.80. The molecule has 15 nitrogen and oxygen atoms in total. The monoisotopic (exact) mass is 681 g/mol. The number of phenolic OH excluding ortho intramolecular Hbond substituents is 4. The van der Waals surface area contributed by atoms with E-state index in [4.69, 9.17) is 47.3 Å². The van der Waals surface area contributed by atoms with E-state index >= 15 is 0 Å². The zero-order valence-corrected chi connectivity index (χ0v) is 24.8. The predicted molar refractivity (Wildman–Crippen MR) is 169 cm³/mol. The number of carboxylic acids is 4. The topological polar surface area (TPSA) is 273 Å². The van der Waals surface area contributed by atoms with Crippen LogP contribution >= 0.6 is 11.6 Å². The van der Waals surface area contributed by atoms with Crippen molar-refractivity contribution < 1.29 is 65.0 Å². The van der Waals surface area contributed by atoms with E-state index in [9.17, 15) is 34.4 Å². The Bertz CT molecular complexity index is 1980. The van der Waals surface area contributed by atoms with Gasteiger partial charge in [-0.25, -0.2) is 19.2 Å². The average Bonchev–Trinajstić information content (AvgIpc) is 3.03. The highest BCUT2D eigenvalue weighted by Crippen LogP contribution is 2.26. The zero-order valence-electron chi connectivity index (χ0n) is 24.1. The van der Waals surface area contributed by atoms with Crippen LogP contribution in [-0.4, -0.2) is 69.7 Å². The van der Waals surface area contributed by atoms with E-state index in [1.54, 1.807) is 24.3 Å². The fraction of sp³-hybridized carbons (Fsp3) is 0. The fourth-order valence-electron chi connectivity index (χ4n) is 3.41. The summed E-state index contributed by atoms with van der Waals surface area (Å²) in [7, 11) is 0. The molecule has 248 valence electrons. The highest BCUT2D eigenvalue weighted by Gasteiger charge is 2.16. The van der Waals surface area contributed by atoms with Gasteiger partial charge in [-0.1, -0.05) is 23.7 Å². The molecule has 16 heteroatoms. The van der Waals surface area contributed by atoms with Gasteiger partial charge >= 0.3 is 29.6 Å². The van der Waals surface area contributed by atoms with Crippen LogP contribution in [0.1, 0.15) is 41.4 Å². The van der Waals surface area contributed by atoms with Gasteiger partial charge in [0.15, 0.2) is 5.75 Å². The van der Waals surface area contributed by atoms with E-state index in [1.807, 2.05) is 0 Å². The lowest BCUT2D eigenvalue weighted by atomic mass is 10.1. The fourth-order valence-corrected chi connectivity index (χ4v) is 3.59. The highest BCUT2D eigenvalue weighted by atomic mass is 35.5. The molecule has 0 radical (unpaired) electrons. The highest BCUT2D eigenvalue weighted by molar-refractivity contribution is 6.32. The second-order valence-electron chi connectivity index (χ2n) is 9.14. The van der Waals surface area contributed by atoms with Gasteiger partial charge in [0.05, 0.1) is 32.2 Å². The molecule has 5 aromatic carbocycles. The Kier molecular flexibility index (Phi) is 13.2. The number of aromatic carboxylic acids is 4. The molecular formula is C32H24ClNO14. The molecule has 0 aliphatic rings. The van der Waals surface area contributed by atoms with Crippen molar-refractivity contribution in [1.29, 1.82) is 0 Å². The standard InChI is InChI=1S/C11H8O3.C7H5ClO3.C7H5NO5.C7H6O3/c12-10-4-3-7-5-9(11(13)14)2-1-8(7)6-10;8-5-3-4(7(10)11)1-2-6(5)9;9-6-2-1-4(7(10)11)3-5(6)8(12)13;8-6-3-1-5(2-4-6)7(9)10/h1-6,12H,(H,13,14);1-3,9H,(H,10,11);1-3,9H,(H,10,11);1-4,8H,(H,9,10). The molecule has 8 N–H and O–H groups in total. The van der Waals surface area contributed by atoms with Gasteiger partial charge in [0.2, 0.25) is 0 Å². The van der Waals surface area contributed by atoms with Crippen LogP contribution in [0.5, 0.6) is 23.0 Å². The molecule has 5 rings (SSSR count). The SMILES string of the molecule is O=C(O)c1ccc(O)c(Cl)c1.O=C(O)c1ccc(O)c([N+](=O)[O-])c1.O=C(O)c1ccc(O)cc1.O=C(O)c1ccc2cc(O)ccc2c1. The van der Waals surface area contributed by atoms with Gasteiger partial charge in [0, 0.05) is 6.07 Å². The van der Waals surface area contributed by atoms with Crippen LogP contribution in [0.25, 0.3) is 10.8 Å². The van der Waals surface area contributed by atoms with Gasteiger partial charge in [0.25, 0.3) is 0 Å². The van der Waals surface area contributed by atoms with E-state index < -0.39 is 40.2 Å². The van der Waals surface area contributed by atoms with Crippen LogP contribution < -0.4 is 0 Å². The first kappa shape index (κ1) is 37.3. The lowest BCUT2D eigenvalue weighted by Gasteiger charge is -2.00. The van der Waals surface area contributed by atoms with E-state index in [-0.39, 0.29) is 44.5 Å². The molecule has 0 aliphatic carbocycles. The smallest absolute Gasteiger partial charge is 0.335 e. The Morgan fingerprint density at radius 2 is 0.896 bits per heavy atom. The number of nitro benzene ring substituents is 1. The number of nitro groups is 1. The lowest BCUT2D eigenvalue weighted by Crippen LogP contribution is -1.97. The molecule has 0 saturated heterocycles. The summed E-state index contributed by atoms with van der Waals surface area (Å²) < 4.78 is 0. The summed E-state index contributed by atoms with van der Waals surface area (Å²) in [5.74, 6) is -4.67. The molecule has 0 saturated carbocycles. The van der Waals surface area contributed by atoms with E-state index in [2.05, 4.69) is 0 Å². The number of phenols is 4. The van der Waals surface area contributed by atoms with Crippen molar-refractivity contribution in [3.63, 3.8) is 0 Å². The van der Waals surface area contributed by atoms with Crippen molar-refractivity contribution >= 4 is 51.9 Å². The summed E-state index contributed by atoms with van der Waals surface area (Å²) >= 11 is 5.44. The zero-order chi connectivity index (χ0) is 36.1. The number of hydrogen-bond acceptors (Lipinski definition) is 10. The van der Waals surface area contributed by atoms with Crippen LogP contribution in [0, 0.1) is 10.1 Å². The first-order chi connectivity index (χ1) is 22.5. The van der Waals surface area contributed by atoms with Crippen LogP contribution in [0.2, 0.25) is 5.02 Å². The van der Waals surface area contributed by atoms with Crippen LogP contribution in [0.3, 0.4) is 0 Å². The van der Waals surface area contributed by atoms with Gasteiger partial charge in [-0.05, 0) is 89.6 Å². The summed E-state index contributed by atoms with van der Waals surface area (Å²) in [5, 5.41) is 81.8. The van der Waals surface area contributed by atoms with Crippen molar-refractivity contribution in [2.75, 3.05) is 0 Å². The number of halogens is 1. The molecule has 0 atom stereocenters. The summed E-state index contributed by atoms with van der Waals surface area (Å²) in [6, 6.07) is 21.5. The molecule has 0 aliphatic heterocycles. The van der Waals surface area contributed by atoms with E-state index in [0.29, 0.717) is 0 Å². The Morgan fingerprint density at radius 1 is 0.500 bits per heavy atom. The number of aromatic hydroxyl groups is 4. The Labute approximate surface area is 274 Å². The van der Waals surface area contributed by atoms with Crippen molar-refractivity contribution in [1.82, 2.24) is 0 Å². The number of carbonyl (C=O) groups is 4. The average molecular weight is 682 g/mol. The number of carboxylic acid groups (broad SMARTS) is 4. The maximum absolute atomic E-state index is 10.7. The van der Waals surface area contributed by atoms with Crippen molar-refractivity contribution in [2.24, 2.45) is 0 Å². The molecule has 48 heavy (non-hydrogen) atoms. The molecule has 5 aromatic rings.